The quantitative estimate of drug-likeness (QED) is 0.783. The summed E-state index contributed by atoms with van der Waals surface area (Å²) in [4.78, 5) is 14.1. The predicted molar refractivity (Wildman–Crippen MR) is 72.8 cm³/mol. The molecule has 106 valence electrons. The molecule has 1 aromatic rings. The zero-order valence-corrected chi connectivity index (χ0v) is 12.5. The van der Waals surface area contributed by atoms with E-state index in [0.29, 0.717) is 18.2 Å². The third-order valence-corrected chi connectivity index (χ3v) is 4.75. The topological polar surface area (TPSA) is 59.4 Å². The second kappa shape index (κ2) is 5.17. The van der Waals surface area contributed by atoms with E-state index in [9.17, 15) is 13.2 Å². The van der Waals surface area contributed by atoms with Crippen LogP contribution >= 0.6 is 10.7 Å². The maximum absolute atomic E-state index is 12.4. The minimum absolute atomic E-state index is 0.0370. The predicted octanol–water partition coefficient (Wildman–Crippen LogP) is 1.82. The summed E-state index contributed by atoms with van der Waals surface area (Å²) in [7, 11) is 3.14. The third kappa shape index (κ3) is 3.12. The van der Waals surface area contributed by atoms with Gasteiger partial charge in [-0.1, -0.05) is 6.92 Å². The van der Waals surface area contributed by atoms with Crippen molar-refractivity contribution in [3.63, 3.8) is 0 Å². The van der Waals surface area contributed by atoms with Crippen LogP contribution in [0.1, 0.15) is 30.3 Å². The minimum Gasteiger partial charge on any atom is -0.345 e. The number of likely N-dealkylation sites (tertiary alicyclic amines) is 1. The molecular weight excluding hydrogens is 288 g/mol. The van der Waals surface area contributed by atoms with Crippen molar-refractivity contribution in [1.29, 1.82) is 0 Å². The van der Waals surface area contributed by atoms with E-state index in [1.165, 1.54) is 16.8 Å². The van der Waals surface area contributed by atoms with Crippen LogP contribution in [0.25, 0.3) is 0 Å². The fraction of sp³-hybridized carbons (Fsp3) is 0.583. The molecule has 1 unspecified atom stereocenters. The number of nitrogens with zero attached hydrogens (tertiary/aromatic N) is 2. The maximum atomic E-state index is 12.4. The van der Waals surface area contributed by atoms with Gasteiger partial charge in [0.2, 0.25) is 0 Å². The Balaban J connectivity index is 2.26. The van der Waals surface area contributed by atoms with Crippen LogP contribution in [0.15, 0.2) is 17.2 Å². The first-order chi connectivity index (χ1) is 8.79. The van der Waals surface area contributed by atoms with Gasteiger partial charge in [0.1, 0.15) is 10.6 Å². The number of amides is 1. The number of rotatable bonds is 2. The molecule has 5 nitrogen and oxygen atoms in total. The zero-order chi connectivity index (χ0) is 14.2. The van der Waals surface area contributed by atoms with Crippen molar-refractivity contribution in [2.45, 2.75) is 24.7 Å². The number of hydrogen-bond donors (Lipinski definition) is 0. The van der Waals surface area contributed by atoms with E-state index in [0.717, 1.165) is 19.4 Å². The lowest BCUT2D eigenvalue weighted by Gasteiger charge is -2.30. The zero-order valence-electron chi connectivity index (χ0n) is 11.0. The molecule has 2 rings (SSSR count). The first-order valence-electron chi connectivity index (χ1n) is 6.19. The molecule has 2 heterocycles. The Morgan fingerprint density at radius 2 is 2.16 bits per heavy atom. The monoisotopic (exact) mass is 304 g/mol. The second-order valence-corrected chi connectivity index (χ2v) is 7.67. The molecule has 1 aliphatic heterocycles. The summed E-state index contributed by atoms with van der Waals surface area (Å²) < 4.78 is 24.1. The molecule has 0 aromatic carbocycles. The van der Waals surface area contributed by atoms with E-state index in [-0.39, 0.29) is 10.8 Å². The number of carbonyl (C=O) groups excluding carboxylic acids is 1. The highest BCUT2D eigenvalue weighted by Crippen LogP contribution is 2.21. The van der Waals surface area contributed by atoms with Gasteiger partial charge in [-0.05, 0) is 24.8 Å². The van der Waals surface area contributed by atoms with Gasteiger partial charge in [-0.15, -0.1) is 0 Å². The number of aryl methyl sites for hydroxylation is 1. The number of hydrogen-bond acceptors (Lipinski definition) is 3. The Kier molecular flexibility index (Phi) is 3.92. The van der Waals surface area contributed by atoms with Crippen molar-refractivity contribution in [3.8, 4) is 0 Å². The SMILES string of the molecule is CC1CCCN(C(=O)c2cc(S(=O)(=O)Cl)cn2C)C1. The minimum atomic E-state index is -3.80. The molecule has 0 bridgehead atoms. The van der Waals surface area contributed by atoms with Crippen LogP contribution in [0.3, 0.4) is 0 Å². The summed E-state index contributed by atoms with van der Waals surface area (Å²) in [5.74, 6) is 0.342. The fourth-order valence-electron chi connectivity index (χ4n) is 2.42. The van der Waals surface area contributed by atoms with Crippen LogP contribution in [0, 0.1) is 5.92 Å². The lowest BCUT2D eigenvalue weighted by molar-refractivity contribution is 0.0673. The summed E-state index contributed by atoms with van der Waals surface area (Å²) in [6, 6.07) is 1.34. The molecule has 1 saturated heterocycles. The van der Waals surface area contributed by atoms with Gasteiger partial charge in [-0.3, -0.25) is 4.79 Å². The van der Waals surface area contributed by atoms with Crippen LogP contribution in [0.4, 0.5) is 0 Å². The molecule has 1 atom stereocenters. The first-order valence-corrected chi connectivity index (χ1v) is 8.50. The molecule has 0 aliphatic carbocycles. The van der Waals surface area contributed by atoms with Crippen molar-refractivity contribution < 1.29 is 13.2 Å². The van der Waals surface area contributed by atoms with Crippen LogP contribution < -0.4 is 0 Å². The van der Waals surface area contributed by atoms with Gasteiger partial charge in [0.05, 0.1) is 0 Å². The van der Waals surface area contributed by atoms with Crippen molar-refractivity contribution in [1.82, 2.24) is 9.47 Å². The maximum Gasteiger partial charge on any atom is 0.270 e. The fourth-order valence-corrected chi connectivity index (χ4v) is 3.21. The summed E-state index contributed by atoms with van der Waals surface area (Å²) in [6.07, 6.45) is 3.47. The third-order valence-electron chi connectivity index (χ3n) is 3.42. The van der Waals surface area contributed by atoms with Crippen molar-refractivity contribution >= 4 is 25.6 Å². The molecule has 0 spiro atoms. The molecule has 19 heavy (non-hydrogen) atoms. The molecular formula is C12H17ClN2O3S. The van der Waals surface area contributed by atoms with Crippen molar-refractivity contribution in [3.05, 3.63) is 18.0 Å². The number of piperidine rings is 1. The van der Waals surface area contributed by atoms with Gasteiger partial charge in [-0.25, -0.2) is 8.42 Å². The first kappa shape index (κ1) is 14.4. The van der Waals surface area contributed by atoms with Crippen molar-refractivity contribution in [2.75, 3.05) is 13.1 Å². The Hall–Kier alpha value is -1.01. The molecule has 7 heteroatoms. The molecule has 1 fully saturated rings. The Bertz CT molecular complexity index is 594. The highest BCUT2D eigenvalue weighted by atomic mass is 35.7. The van der Waals surface area contributed by atoms with Gasteiger partial charge >= 0.3 is 0 Å². The van der Waals surface area contributed by atoms with Crippen LogP contribution in [0.2, 0.25) is 0 Å². The Morgan fingerprint density at radius 1 is 1.47 bits per heavy atom. The van der Waals surface area contributed by atoms with E-state index >= 15 is 0 Å². The lowest BCUT2D eigenvalue weighted by atomic mass is 10.00. The molecule has 0 radical (unpaired) electrons. The summed E-state index contributed by atoms with van der Waals surface area (Å²) >= 11 is 0. The smallest absolute Gasteiger partial charge is 0.270 e. The highest BCUT2D eigenvalue weighted by molar-refractivity contribution is 8.13. The van der Waals surface area contributed by atoms with E-state index < -0.39 is 9.05 Å². The summed E-state index contributed by atoms with van der Waals surface area (Å²) in [5.41, 5.74) is 0.355. The molecule has 1 aromatic heterocycles. The standard InChI is InChI=1S/C12H17ClN2O3S/c1-9-4-3-5-15(7-9)12(16)11-6-10(8-14(11)2)19(13,17)18/h6,8-9H,3-5,7H2,1-2H3. The van der Waals surface area contributed by atoms with E-state index in [1.807, 2.05) is 0 Å². The molecule has 0 saturated carbocycles. The van der Waals surface area contributed by atoms with Gasteiger partial charge < -0.3 is 9.47 Å². The summed E-state index contributed by atoms with van der Waals surface area (Å²) in [6.45, 7) is 3.55. The van der Waals surface area contributed by atoms with E-state index in [1.54, 1.807) is 11.9 Å². The average molecular weight is 305 g/mol. The largest absolute Gasteiger partial charge is 0.345 e. The highest BCUT2D eigenvalue weighted by Gasteiger charge is 2.25. The van der Waals surface area contributed by atoms with E-state index in [2.05, 4.69) is 6.92 Å². The van der Waals surface area contributed by atoms with Crippen LogP contribution in [0.5, 0.6) is 0 Å². The normalized spacial score (nSPS) is 20.6. The summed E-state index contributed by atoms with van der Waals surface area (Å²) in [5, 5.41) is 0. The molecule has 0 N–H and O–H groups in total. The molecule has 1 amide bonds. The lowest BCUT2D eigenvalue weighted by Crippen LogP contribution is -2.39. The van der Waals surface area contributed by atoms with Crippen LogP contribution in [-0.2, 0) is 16.1 Å². The second-order valence-electron chi connectivity index (χ2n) is 5.11. The van der Waals surface area contributed by atoms with Gasteiger partial charge in [0, 0.05) is 37.0 Å². The van der Waals surface area contributed by atoms with Crippen LogP contribution in [-0.4, -0.2) is 36.9 Å². The van der Waals surface area contributed by atoms with Gasteiger partial charge in [-0.2, -0.15) is 0 Å². The van der Waals surface area contributed by atoms with Gasteiger partial charge in [0.15, 0.2) is 0 Å². The Labute approximate surface area is 117 Å². The average Bonchev–Trinajstić information content (AvgIpc) is 2.70. The van der Waals surface area contributed by atoms with Crippen molar-refractivity contribution in [2.24, 2.45) is 13.0 Å². The van der Waals surface area contributed by atoms with Gasteiger partial charge in [0.25, 0.3) is 15.0 Å². The van der Waals surface area contributed by atoms with E-state index in [4.69, 9.17) is 10.7 Å². The molecule has 1 aliphatic rings. The number of aromatic nitrogens is 1. The number of halogens is 1. The number of carbonyl (C=O) groups is 1. The Morgan fingerprint density at radius 3 is 2.68 bits per heavy atom.